The molecule has 1 unspecified atom stereocenters. The highest BCUT2D eigenvalue weighted by molar-refractivity contribution is 9.10. The SMILES string of the molecule is CC1CCCCN1C(=O)c1cccc(COc2ccccc2Br)c1. The van der Waals surface area contributed by atoms with Crippen molar-refractivity contribution >= 4 is 21.8 Å². The number of nitrogens with zero attached hydrogens (tertiary/aromatic N) is 1. The van der Waals surface area contributed by atoms with Gasteiger partial charge in [0.25, 0.3) is 5.91 Å². The van der Waals surface area contributed by atoms with E-state index in [-0.39, 0.29) is 5.91 Å². The summed E-state index contributed by atoms with van der Waals surface area (Å²) in [5.74, 6) is 0.934. The van der Waals surface area contributed by atoms with Crippen molar-refractivity contribution in [3.05, 3.63) is 64.1 Å². The van der Waals surface area contributed by atoms with E-state index in [1.54, 1.807) is 0 Å². The van der Waals surface area contributed by atoms with Crippen LogP contribution >= 0.6 is 15.9 Å². The highest BCUT2D eigenvalue weighted by atomic mass is 79.9. The van der Waals surface area contributed by atoms with Crippen LogP contribution in [0.4, 0.5) is 0 Å². The van der Waals surface area contributed by atoms with Gasteiger partial charge in [-0.3, -0.25) is 4.79 Å². The molecule has 0 spiro atoms. The van der Waals surface area contributed by atoms with Crippen LogP contribution in [0.15, 0.2) is 53.0 Å². The van der Waals surface area contributed by atoms with Gasteiger partial charge >= 0.3 is 0 Å². The second-order valence-corrected chi connectivity index (χ2v) is 7.12. The summed E-state index contributed by atoms with van der Waals surface area (Å²) in [5.41, 5.74) is 1.75. The Labute approximate surface area is 151 Å². The van der Waals surface area contributed by atoms with Crippen LogP contribution in [0.1, 0.15) is 42.1 Å². The molecular formula is C20H22BrNO2. The Morgan fingerprint density at radius 2 is 2.04 bits per heavy atom. The Bertz CT molecular complexity index is 716. The lowest BCUT2D eigenvalue weighted by Crippen LogP contribution is -2.42. The second-order valence-electron chi connectivity index (χ2n) is 6.26. The van der Waals surface area contributed by atoms with E-state index >= 15 is 0 Å². The highest BCUT2D eigenvalue weighted by Gasteiger charge is 2.24. The number of carbonyl (C=O) groups excluding carboxylic acids is 1. The summed E-state index contributed by atoms with van der Waals surface area (Å²) < 4.78 is 6.78. The van der Waals surface area contributed by atoms with Gasteiger partial charge in [-0.15, -0.1) is 0 Å². The Morgan fingerprint density at radius 1 is 1.21 bits per heavy atom. The van der Waals surface area contributed by atoms with Crippen molar-refractivity contribution in [2.75, 3.05) is 6.54 Å². The lowest BCUT2D eigenvalue weighted by molar-refractivity contribution is 0.0635. The summed E-state index contributed by atoms with van der Waals surface area (Å²) in [6.45, 7) is 3.44. The number of para-hydroxylation sites is 1. The van der Waals surface area contributed by atoms with Crippen LogP contribution in [0.2, 0.25) is 0 Å². The fourth-order valence-electron chi connectivity index (χ4n) is 3.08. The van der Waals surface area contributed by atoms with Crippen molar-refractivity contribution in [1.29, 1.82) is 0 Å². The van der Waals surface area contributed by atoms with Gasteiger partial charge in [0.15, 0.2) is 0 Å². The molecule has 1 heterocycles. The first-order valence-corrected chi connectivity index (χ1v) is 9.21. The molecule has 4 heteroatoms. The van der Waals surface area contributed by atoms with Gasteiger partial charge in [0.05, 0.1) is 4.47 Å². The van der Waals surface area contributed by atoms with Gasteiger partial charge in [-0.1, -0.05) is 24.3 Å². The fourth-order valence-corrected chi connectivity index (χ4v) is 3.48. The Morgan fingerprint density at radius 3 is 2.83 bits per heavy atom. The minimum absolute atomic E-state index is 0.130. The largest absolute Gasteiger partial charge is 0.488 e. The molecule has 0 saturated carbocycles. The molecule has 1 amide bonds. The van der Waals surface area contributed by atoms with Gasteiger partial charge < -0.3 is 9.64 Å². The number of rotatable bonds is 4. The molecular weight excluding hydrogens is 366 g/mol. The zero-order valence-electron chi connectivity index (χ0n) is 13.9. The number of amides is 1. The van der Waals surface area contributed by atoms with E-state index in [1.165, 1.54) is 6.42 Å². The van der Waals surface area contributed by atoms with Crippen LogP contribution < -0.4 is 4.74 Å². The maximum absolute atomic E-state index is 12.8. The van der Waals surface area contributed by atoms with E-state index in [9.17, 15) is 4.79 Å². The Hall–Kier alpha value is -1.81. The van der Waals surface area contributed by atoms with Crippen molar-refractivity contribution in [2.24, 2.45) is 0 Å². The van der Waals surface area contributed by atoms with Crippen LogP contribution in [0.25, 0.3) is 0 Å². The Kier molecular flexibility index (Phi) is 5.56. The van der Waals surface area contributed by atoms with Crippen molar-refractivity contribution in [1.82, 2.24) is 4.90 Å². The third kappa shape index (κ3) is 3.99. The molecule has 1 saturated heterocycles. The summed E-state index contributed by atoms with van der Waals surface area (Å²) in [5, 5.41) is 0. The lowest BCUT2D eigenvalue weighted by Gasteiger charge is -2.33. The van der Waals surface area contributed by atoms with E-state index < -0.39 is 0 Å². The average molecular weight is 388 g/mol. The predicted molar refractivity (Wildman–Crippen MR) is 99.3 cm³/mol. The molecule has 0 aromatic heterocycles. The number of carbonyl (C=O) groups is 1. The molecule has 1 aliphatic heterocycles. The number of likely N-dealkylation sites (tertiary alicyclic amines) is 1. The number of halogens is 1. The molecule has 1 aliphatic rings. The molecule has 3 nitrogen and oxygen atoms in total. The van der Waals surface area contributed by atoms with E-state index in [0.717, 1.165) is 40.7 Å². The molecule has 2 aromatic carbocycles. The molecule has 1 fully saturated rings. The first-order valence-electron chi connectivity index (χ1n) is 8.42. The van der Waals surface area contributed by atoms with Gasteiger partial charge in [0, 0.05) is 18.2 Å². The zero-order chi connectivity index (χ0) is 16.9. The third-order valence-corrected chi connectivity index (χ3v) is 5.12. The van der Waals surface area contributed by atoms with E-state index in [2.05, 4.69) is 22.9 Å². The van der Waals surface area contributed by atoms with E-state index in [1.807, 2.05) is 53.4 Å². The van der Waals surface area contributed by atoms with Crippen molar-refractivity contribution in [3.63, 3.8) is 0 Å². The molecule has 3 rings (SSSR count). The van der Waals surface area contributed by atoms with Gasteiger partial charge in [0.2, 0.25) is 0 Å². The van der Waals surface area contributed by atoms with Gasteiger partial charge in [-0.2, -0.15) is 0 Å². The second kappa shape index (κ2) is 7.84. The summed E-state index contributed by atoms with van der Waals surface area (Å²) in [6, 6.07) is 15.9. The third-order valence-electron chi connectivity index (χ3n) is 4.47. The average Bonchev–Trinajstić information content (AvgIpc) is 2.61. The van der Waals surface area contributed by atoms with Crippen molar-refractivity contribution in [3.8, 4) is 5.75 Å². The van der Waals surface area contributed by atoms with Gasteiger partial charge in [-0.25, -0.2) is 0 Å². The molecule has 0 aliphatic carbocycles. The zero-order valence-corrected chi connectivity index (χ0v) is 15.5. The summed E-state index contributed by atoms with van der Waals surface area (Å²) in [4.78, 5) is 14.8. The summed E-state index contributed by atoms with van der Waals surface area (Å²) in [7, 11) is 0. The summed E-state index contributed by atoms with van der Waals surface area (Å²) in [6.07, 6.45) is 3.41. The first kappa shape index (κ1) is 17.0. The van der Waals surface area contributed by atoms with Crippen LogP contribution in [0.3, 0.4) is 0 Å². The molecule has 2 aromatic rings. The molecule has 0 radical (unpaired) electrons. The Balaban J connectivity index is 1.70. The maximum Gasteiger partial charge on any atom is 0.254 e. The topological polar surface area (TPSA) is 29.5 Å². The smallest absolute Gasteiger partial charge is 0.254 e. The minimum atomic E-state index is 0.130. The normalized spacial score (nSPS) is 17.6. The number of hydrogen-bond donors (Lipinski definition) is 0. The first-order chi connectivity index (χ1) is 11.6. The number of ether oxygens (including phenoxy) is 1. The van der Waals surface area contributed by atoms with Gasteiger partial charge in [-0.05, 0) is 71.9 Å². The molecule has 24 heavy (non-hydrogen) atoms. The number of hydrogen-bond acceptors (Lipinski definition) is 2. The maximum atomic E-state index is 12.8. The molecule has 126 valence electrons. The highest BCUT2D eigenvalue weighted by Crippen LogP contribution is 2.25. The lowest BCUT2D eigenvalue weighted by atomic mass is 10.0. The minimum Gasteiger partial charge on any atom is -0.488 e. The van der Waals surface area contributed by atoms with Crippen LogP contribution in [-0.2, 0) is 6.61 Å². The van der Waals surface area contributed by atoms with Crippen LogP contribution in [0, 0.1) is 0 Å². The van der Waals surface area contributed by atoms with Gasteiger partial charge in [0.1, 0.15) is 12.4 Å². The molecule has 0 bridgehead atoms. The molecule has 0 N–H and O–H groups in total. The van der Waals surface area contributed by atoms with E-state index in [4.69, 9.17) is 4.74 Å². The molecule has 1 atom stereocenters. The van der Waals surface area contributed by atoms with Crippen LogP contribution in [-0.4, -0.2) is 23.4 Å². The van der Waals surface area contributed by atoms with Crippen molar-refractivity contribution in [2.45, 2.75) is 38.8 Å². The summed E-state index contributed by atoms with van der Waals surface area (Å²) >= 11 is 3.48. The van der Waals surface area contributed by atoms with Crippen molar-refractivity contribution < 1.29 is 9.53 Å². The van der Waals surface area contributed by atoms with Crippen LogP contribution in [0.5, 0.6) is 5.75 Å². The fraction of sp³-hybridized carbons (Fsp3) is 0.350. The number of piperidine rings is 1. The number of benzene rings is 2. The standard InChI is InChI=1S/C20H22BrNO2/c1-15-7-4-5-12-22(15)20(23)17-9-6-8-16(13-17)14-24-19-11-3-2-10-18(19)21/h2-3,6,8-11,13,15H,4-5,7,12,14H2,1H3. The van der Waals surface area contributed by atoms with E-state index in [0.29, 0.717) is 12.6 Å². The predicted octanol–water partition coefficient (Wildman–Crippen LogP) is 5.04. The monoisotopic (exact) mass is 387 g/mol. The quantitative estimate of drug-likeness (QED) is 0.734.